The molecular formula is C18H36O. The second-order valence-electron chi connectivity index (χ2n) is 6.26. The first-order chi connectivity index (χ1) is 9.13. The molecule has 1 heteroatoms. The van der Waals surface area contributed by atoms with Gasteiger partial charge in [-0.15, -0.1) is 0 Å². The molecule has 0 amide bonds. The van der Waals surface area contributed by atoms with Crippen molar-refractivity contribution in [3.05, 3.63) is 0 Å². The first-order valence-corrected chi connectivity index (χ1v) is 8.66. The molecule has 0 bridgehead atoms. The molecule has 0 aliphatic heterocycles. The minimum absolute atomic E-state index is 0.413. The molecule has 1 aliphatic carbocycles. The van der Waals surface area contributed by atoms with Crippen LogP contribution in [0.2, 0.25) is 0 Å². The molecule has 19 heavy (non-hydrogen) atoms. The topological polar surface area (TPSA) is 17.1 Å². The van der Waals surface area contributed by atoms with Crippen molar-refractivity contribution in [1.82, 2.24) is 0 Å². The molecule has 0 radical (unpaired) electrons. The lowest BCUT2D eigenvalue weighted by molar-refractivity contribution is -0.124. The summed E-state index contributed by atoms with van der Waals surface area (Å²) in [4.78, 5) is 11.8. The molecule has 0 heterocycles. The lowest BCUT2D eigenvalue weighted by atomic mass is 9.77. The van der Waals surface area contributed by atoms with Crippen molar-refractivity contribution in [2.75, 3.05) is 0 Å². The maximum Gasteiger partial charge on any atom is 0.135 e. The van der Waals surface area contributed by atoms with E-state index >= 15 is 0 Å². The van der Waals surface area contributed by atoms with E-state index in [1.807, 2.05) is 13.8 Å². The van der Waals surface area contributed by atoms with E-state index in [-0.39, 0.29) is 0 Å². The second kappa shape index (κ2) is 11.5. The molecule has 114 valence electrons. The molecule has 0 aromatic rings. The van der Waals surface area contributed by atoms with Crippen molar-refractivity contribution < 1.29 is 4.79 Å². The van der Waals surface area contributed by atoms with Crippen LogP contribution in [0.1, 0.15) is 92.4 Å². The zero-order chi connectivity index (χ0) is 14.7. The van der Waals surface area contributed by atoms with Crippen LogP contribution < -0.4 is 0 Å². The van der Waals surface area contributed by atoms with E-state index in [1.165, 1.54) is 44.9 Å². The molecule has 1 aliphatic rings. The van der Waals surface area contributed by atoms with E-state index < -0.39 is 0 Å². The zero-order valence-electron chi connectivity index (χ0n) is 14.0. The summed E-state index contributed by atoms with van der Waals surface area (Å²) in [6.07, 6.45) is 10.9. The Bertz CT molecular complexity index is 212. The number of Topliss-reactive ketones (excluding diaryl/α,β-unsaturated/α-hetero) is 1. The lowest BCUT2D eigenvalue weighted by Gasteiger charge is -2.27. The van der Waals surface area contributed by atoms with E-state index in [9.17, 15) is 4.79 Å². The van der Waals surface area contributed by atoms with Crippen LogP contribution in [0.25, 0.3) is 0 Å². The van der Waals surface area contributed by atoms with Gasteiger partial charge in [0.05, 0.1) is 0 Å². The molecular weight excluding hydrogens is 232 g/mol. The highest BCUT2D eigenvalue weighted by atomic mass is 16.1. The minimum Gasteiger partial charge on any atom is -0.299 e. The quantitative estimate of drug-likeness (QED) is 0.552. The first kappa shape index (κ1) is 18.7. The van der Waals surface area contributed by atoms with Gasteiger partial charge in [-0.05, 0) is 43.9 Å². The Labute approximate surface area is 121 Å². The maximum atomic E-state index is 11.8. The van der Waals surface area contributed by atoms with Crippen LogP contribution in [0.4, 0.5) is 0 Å². The Hall–Kier alpha value is -0.330. The molecule has 0 saturated heterocycles. The van der Waals surface area contributed by atoms with Crippen molar-refractivity contribution in [3.63, 3.8) is 0 Å². The summed E-state index contributed by atoms with van der Waals surface area (Å²) < 4.78 is 0. The van der Waals surface area contributed by atoms with Gasteiger partial charge in [0.2, 0.25) is 0 Å². The maximum absolute atomic E-state index is 11.8. The van der Waals surface area contributed by atoms with Crippen LogP contribution in [-0.4, -0.2) is 5.78 Å². The summed E-state index contributed by atoms with van der Waals surface area (Å²) in [5.74, 6) is 2.71. The first-order valence-electron chi connectivity index (χ1n) is 8.66. The zero-order valence-corrected chi connectivity index (χ0v) is 14.0. The smallest absolute Gasteiger partial charge is 0.135 e. The van der Waals surface area contributed by atoms with Gasteiger partial charge in [-0.2, -0.15) is 0 Å². The second-order valence-corrected chi connectivity index (χ2v) is 6.26. The van der Waals surface area contributed by atoms with Gasteiger partial charge in [-0.1, -0.05) is 53.9 Å². The number of rotatable bonds is 7. The van der Waals surface area contributed by atoms with E-state index in [0.717, 1.165) is 24.7 Å². The molecule has 0 aromatic heterocycles. The SMILES string of the molecule is CC.CCCC(=O)C1CCC(CCCC(C)C)CC1. The molecule has 1 fully saturated rings. The third-order valence-electron chi connectivity index (χ3n) is 4.19. The molecule has 0 N–H and O–H groups in total. The van der Waals surface area contributed by atoms with Gasteiger partial charge in [0.25, 0.3) is 0 Å². The highest BCUT2D eigenvalue weighted by Gasteiger charge is 2.25. The number of carbonyl (C=O) groups excluding carboxylic acids is 1. The third kappa shape index (κ3) is 8.44. The lowest BCUT2D eigenvalue weighted by Crippen LogP contribution is -2.21. The summed E-state index contributed by atoms with van der Waals surface area (Å²) >= 11 is 0. The normalized spacial score (nSPS) is 22.8. The van der Waals surface area contributed by atoms with E-state index in [1.54, 1.807) is 0 Å². The van der Waals surface area contributed by atoms with Gasteiger partial charge >= 0.3 is 0 Å². The van der Waals surface area contributed by atoms with Crippen LogP contribution in [0.5, 0.6) is 0 Å². The fourth-order valence-electron chi connectivity index (χ4n) is 3.04. The van der Waals surface area contributed by atoms with Crippen molar-refractivity contribution in [2.24, 2.45) is 17.8 Å². The molecule has 0 unspecified atom stereocenters. The number of carbonyl (C=O) groups is 1. The van der Waals surface area contributed by atoms with E-state index in [0.29, 0.717) is 11.7 Å². The fourth-order valence-corrected chi connectivity index (χ4v) is 3.04. The molecule has 1 nitrogen and oxygen atoms in total. The number of ketones is 1. The summed E-state index contributed by atoms with van der Waals surface area (Å²) in [6.45, 7) is 10.7. The minimum atomic E-state index is 0.413. The predicted molar refractivity (Wildman–Crippen MR) is 85.4 cm³/mol. The van der Waals surface area contributed by atoms with Crippen molar-refractivity contribution in [3.8, 4) is 0 Å². The Morgan fingerprint density at radius 3 is 2.16 bits per heavy atom. The number of hydrogen-bond acceptors (Lipinski definition) is 1. The van der Waals surface area contributed by atoms with Gasteiger partial charge in [-0.3, -0.25) is 4.79 Å². The summed E-state index contributed by atoms with van der Waals surface area (Å²) in [5.41, 5.74) is 0. The van der Waals surface area contributed by atoms with Crippen LogP contribution in [-0.2, 0) is 4.79 Å². The van der Waals surface area contributed by atoms with Crippen LogP contribution in [0.3, 0.4) is 0 Å². The standard InChI is InChI=1S/C16H30O.C2H6/c1-4-6-16(17)15-11-9-14(10-12-15)8-5-7-13(2)3;1-2/h13-15H,4-12H2,1-3H3;1-2H3. The van der Waals surface area contributed by atoms with Crippen molar-refractivity contribution in [1.29, 1.82) is 0 Å². The monoisotopic (exact) mass is 268 g/mol. The largest absolute Gasteiger partial charge is 0.299 e. The Morgan fingerprint density at radius 1 is 1.11 bits per heavy atom. The van der Waals surface area contributed by atoms with Crippen molar-refractivity contribution >= 4 is 5.78 Å². The predicted octanol–water partition coefficient (Wildman–Crippen LogP) is 6.01. The average Bonchev–Trinajstić information content (AvgIpc) is 2.41. The van der Waals surface area contributed by atoms with E-state index in [4.69, 9.17) is 0 Å². The van der Waals surface area contributed by atoms with E-state index in [2.05, 4.69) is 20.8 Å². The van der Waals surface area contributed by atoms with Crippen LogP contribution in [0, 0.1) is 17.8 Å². The summed E-state index contributed by atoms with van der Waals surface area (Å²) in [7, 11) is 0. The van der Waals surface area contributed by atoms with Crippen molar-refractivity contribution in [2.45, 2.75) is 92.4 Å². The molecule has 0 atom stereocenters. The Kier molecular flexibility index (Phi) is 11.3. The van der Waals surface area contributed by atoms with Gasteiger partial charge in [-0.25, -0.2) is 0 Å². The van der Waals surface area contributed by atoms with Crippen LogP contribution >= 0.6 is 0 Å². The van der Waals surface area contributed by atoms with Gasteiger partial charge in [0.15, 0.2) is 0 Å². The molecule has 0 spiro atoms. The third-order valence-corrected chi connectivity index (χ3v) is 4.19. The van der Waals surface area contributed by atoms with Gasteiger partial charge in [0.1, 0.15) is 5.78 Å². The average molecular weight is 268 g/mol. The molecule has 0 aromatic carbocycles. The fraction of sp³-hybridized carbons (Fsp3) is 0.944. The Balaban J connectivity index is 0.00000154. The van der Waals surface area contributed by atoms with Gasteiger partial charge in [0, 0.05) is 12.3 Å². The summed E-state index contributed by atoms with van der Waals surface area (Å²) in [5, 5.41) is 0. The highest BCUT2D eigenvalue weighted by Crippen LogP contribution is 2.33. The Morgan fingerprint density at radius 2 is 1.68 bits per heavy atom. The van der Waals surface area contributed by atoms with Gasteiger partial charge < -0.3 is 0 Å². The molecule has 1 saturated carbocycles. The van der Waals surface area contributed by atoms with Crippen LogP contribution in [0.15, 0.2) is 0 Å². The number of hydrogen-bond donors (Lipinski definition) is 0. The molecule has 1 rings (SSSR count). The highest BCUT2D eigenvalue weighted by molar-refractivity contribution is 5.80. The summed E-state index contributed by atoms with van der Waals surface area (Å²) in [6, 6.07) is 0.